The normalized spacial score (nSPS) is 10.8. The van der Waals surface area contributed by atoms with Crippen LogP contribution in [0.25, 0.3) is 21.7 Å². The van der Waals surface area contributed by atoms with E-state index in [1.165, 1.54) is 6.20 Å². The SMILES string of the molecule is COCn1ncc(=O)c(-c2cc(C)cs2)c1-c1ccccc1. The van der Waals surface area contributed by atoms with Crippen molar-refractivity contribution in [3.8, 4) is 21.7 Å². The minimum Gasteiger partial charge on any atom is -0.362 e. The third-order valence-electron chi connectivity index (χ3n) is 3.33. The molecule has 0 atom stereocenters. The molecule has 3 aromatic rings. The summed E-state index contributed by atoms with van der Waals surface area (Å²) >= 11 is 1.57. The number of benzene rings is 1. The van der Waals surface area contributed by atoms with Gasteiger partial charge in [-0.1, -0.05) is 30.3 Å². The van der Waals surface area contributed by atoms with Crippen LogP contribution in [0.1, 0.15) is 5.56 Å². The summed E-state index contributed by atoms with van der Waals surface area (Å²) in [7, 11) is 1.61. The lowest BCUT2D eigenvalue weighted by Gasteiger charge is -2.14. The van der Waals surface area contributed by atoms with Crippen molar-refractivity contribution in [2.45, 2.75) is 13.7 Å². The number of aromatic nitrogens is 2. The first kappa shape index (κ1) is 14.7. The van der Waals surface area contributed by atoms with Crippen LogP contribution in [0.15, 0.2) is 52.8 Å². The van der Waals surface area contributed by atoms with Gasteiger partial charge in [-0.25, -0.2) is 4.68 Å². The number of methoxy groups -OCH3 is 1. The highest BCUT2D eigenvalue weighted by Crippen LogP contribution is 2.32. The molecule has 0 saturated carbocycles. The Bertz CT molecular complexity index is 837. The minimum absolute atomic E-state index is 0.0759. The van der Waals surface area contributed by atoms with Gasteiger partial charge in [-0.3, -0.25) is 4.79 Å². The van der Waals surface area contributed by atoms with Crippen molar-refractivity contribution in [1.29, 1.82) is 0 Å². The van der Waals surface area contributed by atoms with Crippen molar-refractivity contribution in [2.24, 2.45) is 0 Å². The summed E-state index contributed by atoms with van der Waals surface area (Å²) in [5, 5.41) is 6.27. The molecule has 0 unspecified atom stereocenters. The molecule has 0 aliphatic carbocycles. The van der Waals surface area contributed by atoms with E-state index in [9.17, 15) is 4.79 Å². The lowest BCUT2D eigenvalue weighted by Crippen LogP contribution is -2.17. The Morgan fingerprint density at radius 3 is 2.68 bits per heavy atom. The zero-order valence-corrected chi connectivity index (χ0v) is 13.3. The van der Waals surface area contributed by atoms with Crippen LogP contribution >= 0.6 is 11.3 Å². The summed E-state index contributed by atoms with van der Waals surface area (Å²) < 4.78 is 6.95. The maximum absolute atomic E-state index is 12.5. The van der Waals surface area contributed by atoms with E-state index in [-0.39, 0.29) is 5.43 Å². The lowest BCUT2D eigenvalue weighted by atomic mass is 10.0. The molecule has 0 N–H and O–H groups in total. The second kappa shape index (κ2) is 6.25. The molecule has 22 heavy (non-hydrogen) atoms. The number of aryl methyl sites for hydroxylation is 1. The molecule has 0 saturated heterocycles. The predicted octanol–water partition coefficient (Wildman–Crippen LogP) is 3.55. The fraction of sp³-hybridized carbons (Fsp3) is 0.176. The molecule has 5 heteroatoms. The molecule has 0 amide bonds. The molecule has 4 nitrogen and oxygen atoms in total. The first-order valence-corrected chi connectivity index (χ1v) is 7.78. The van der Waals surface area contributed by atoms with Gasteiger partial charge >= 0.3 is 0 Å². The van der Waals surface area contributed by atoms with Crippen molar-refractivity contribution < 1.29 is 4.74 Å². The average molecular weight is 312 g/mol. The van der Waals surface area contributed by atoms with E-state index in [4.69, 9.17) is 4.74 Å². The zero-order valence-electron chi connectivity index (χ0n) is 12.4. The van der Waals surface area contributed by atoms with Crippen molar-refractivity contribution in [3.05, 3.63) is 63.8 Å². The number of ether oxygens (including phenoxy) is 1. The van der Waals surface area contributed by atoms with Crippen LogP contribution in [0.4, 0.5) is 0 Å². The second-order valence-corrected chi connectivity index (χ2v) is 5.92. The van der Waals surface area contributed by atoms with E-state index in [0.29, 0.717) is 12.3 Å². The molecule has 2 aromatic heterocycles. The maximum atomic E-state index is 12.5. The summed E-state index contributed by atoms with van der Waals surface area (Å²) in [4.78, 5) is 13.4. The van der Waals surface area contributed by atoms with Crippen molar-refractivity contribution in [1.82, 2.24) is 9.78 Å². The van der Waals surface area contributed by atoms with Gasteiger partial charge in [0.05, 0.1) is 17.5 Å². The Morgan fingerprint density at radius 1 is 1.27 bits per heavy atom. The van der Waals surface area contributed by atoms with Crippen LogP contribution in [0.2, 0.25) is 0 Å². The number of nitrogens with zero attached hydrogens (tertiary/aromatic N) is 2. The van der Waals surface area contributed by atoms with E-state index in [1.54, 1.807) is 23.1 Å². The quantitative estimate of drug-likeness (QED) is 0.740. The van der Waals surface area contributed by atoms with E-state index < -0.39 is 0 Å². The van der Waals surface area contributed by atoms with Gasteiger partial charge in [-0.05, 0) is 23.9 Å². The standard InChI is InChI=1S/C17H16N2O2S/c1-12-8-15(22-10-12)16-14(20)9-18-19(11-21-2)17(16)13-6-4-3-5-7-13/h3-10H,11H2,1-2H3. The zero-order chi connectivity index (χ0) is 15.5. The third-order valence-corrected chi connectivity index (χ3v) is 4.40. The minimum atomic E-state index is -0.0759. The molecular formula is C17H16N2O2S. The molecule has 0 spiro atoms. The average Bonchev–Trinajstić information content (AvgIpc) is 2.96. The van der Waals surface area contributed by atoms with Crippen molar-refractivity contribution in [3.63, 3.8) is 0 Å². The highest BCUT2D eigenvalue weighted by Gasteiger charge is 2.17. The van der Waals surface area contributed by atoms with Crippen molar-refractivity contribution >= 4 is 11.3 Å². The molecule has 3 rings (SSSR count). The smallest absolute Gasteiger partial charge is 0.209 e. The molecule has 0 radical (unpaired) electrons. The Kier molecular flexibility index (Phi) is 4.18. The molecule has 0 aliphatic rings. The first-order chi connectivity index (χ1) is 10.7. The fourth-order valence-electron chi connectivity index (χ4n) is 2.40. The van der Waals surface area contributed by atoms with E-state index in [2.05, 4.69) is 5.10 Å². The Labute approximate surface area is 132 Å². The highest BCUT2D eigenvalue weighted by atomic mass is 32.1. The topological polar surface area (TPSA) is 44.1 Å². The monoisotopic (exact) mass is 312 g/mol. The number of rotatable bonds is 4. The first-order valence-electron chi connectivity index (χ1n) is 6.90. The fourth-order valence-corrected chi connectivity index (χ4v) is 3.35. The highest BCUT2D eigenvalue weighted by molar-refractivity contribution is 7.13. The Balaban J connectivity index is 2.32. The summed E-state index contributed by atoms with van der Waals surface area (Å²) in [6.45, 7) is 2.32. The van der Waals surface area contributed by atoms with Crippen LogP contribution < -0.4 is 5.43 Å². The molecule has 0 bridgehead atoms. The molecule has 112 valence electrons. The van der Waals surface area contributed by atoms with Crippen molar-refractivity contribution in [2.75, 3.05) is 7.11 Å². The van der Waals surface area contributed by atoms with Crippen LogP contribution in [0.3, 0.4) is 0 Å². The van der Waals surface area contributed by atoms with E-state index in [0.717, 1.165) is 21.7 Å². The molecule has 1 aromatic carbocycles. The molecular weight excluding hydrogens is 296 g/mol. The summed E-state index contributed by atoms with van der Waals surface area (Å²) in [5.41, 5.74) is 3.49. The molecule has 2 heterocycles. The van der Waals surface area contributed by atoms with Gasteiger partial charge < -0.3 is 4.74 Å². The van der Waals surface area contributed by atoms with Crippen LogP contribution in [-0.2, 0) is 11.5 Å². The van der Waals surface area contributed by atoms with Gasteiger partial charge in [0.15, 0.2) is 0 Å². The molecule has 0 aliphatic heterocycles. The largest absolute Gasteiger partial charge is 0.362 e. The summed E-state index contributed by atoms with van der Waals surface area (Å²) in [6.07, 6.45) is 1.36. The number of hydrogen-bond acceptors (Lipinski definition) is 4. The van der Waals surface area contributed by atoms with E-state index in [1.807, 2.05) is 48.7 Å². The van der Waals surface area contributed by atoms with Crippen LogP contribution in [-0.4, -0.2) is 16.9 Å². The van der Waals surface area contributed by atoms with Gasteiger partial charge in [-0.2, -0.15) is 5.10 Å². The number of thiophene rings is 1. The van der Waals surface area contributed by atoms with Crippen LogP contribution in [0.5, 0.6) is 0 Å². The van der Waals surface area contributed by atoms with Crippen LogP contribution in [0, 0.1) is 6.92 Å². The predicted molar refractivity (Wildman–Crippen MR) is 89.0 cm³/mol. The van der Waals surface area contributed by atoms with Gasteiger partial charge in [-0.15, -0.1) is 11.3 Å². The van der Waals surface area contributed by atoms with Gasteiger partial charge in [0, 0.05) is 17.6 Å². The third kappa shape index (κ3) is 2.73. The second-order valence-electron chi connectivity index (χ2n) is 5.00. The van der Waals surface area contributed by atoms with E-state index >= 15 is 0 Å². The van der Waals surface area contributed by atoms with Gasteiger partial charge in [0.2, 0.25) is 5.43 Å². The Hall–Kier alpha value is -2.24. The van der Waals surface area contributed by atoms with Gasteiger partial charge in [0.1, 0.15) is 6.73 Å². The Morgan fingerprint density at radius 2 is 2.05 bits per heavy atom. The summed E-state index contributed by atoms with van der Waals surface area (Å²) in [5.74, 6) is 0. The number of hydrogen-bond donors (Lipinski definition) is 0. The van der Waals surface area contributed by atoms with Gasteiger partial charge in [0.25, 0.3) is 0 Å². The lowest BCUT2D eigenvalue weighted by molar-refractivity contribution is 0.121. The summed E-state index contributed by atoms with van der Waals surface area (Å²) in [6, 6.07) is 11.8. The maximum Gasteiger partial charge on any atom is 0.209 e. The molecule has 0 fully saturated rings.